The van der Waals surface area contributed by atoms with Crippen LogP contribution in [0, 0.1) is 17.4 Å². The lowest BCUT2D eigenvalue weighted by molar-refractivity contribution is 1.02. The molecule has 2 N–H and O–H groups in total. The van der Waals surface area contributed by atoms with Crippen molar-refractivity contribution >= 4 is 44.2 Å². The lowest BCUT2D eigenvalue weighted by Gasteiger charge is -2.09. The Morgan fingerprint density at radius 3 is 2.76 bits per heavy atom. The van der Waals surface area contributed by atoms with Crippen LogP contribution >= 0.6 is 38.5 Å². The molecule has 3 nitrogen and oxygen atoms in total. The van der Waals surface area contributed by atoms with Crippen molar-refractivity contribution in [3.63, 3.8) is 0 Å². The first-order valence-corrected chi connectivity index (χ1v) is 7.14. The first kappa shape index (κ1) is 12.9. The SMILES string of the molecule is Cc1n[nH]c(C)c1CNc1ccc(I)cc1Br. The molecule has 0 saturated carbocycles. The number of H-pyrrole nitrogens is 1. The van der Waals surface area contributed by atoms with Gasteiger partial charge in [-0.25, -0.2) is 0 Å². The predicted molar refractivity (Wildman–Crippen MR) is 82.2 cm³/mol. The Labute approximate surface area is 123 Å². The number of benzene rings is 1. The number of nitrogens with one attached hydrogen (secondary N) is 2. The molecule has 0 spiro atoms. The summed E-state index contributed by atoms with van der Waals surface area (Å²) in [6, 6.07) is 6.26. The van der Waals surface area contributed by atoms with Crippen molar-refractivity contribution in [2.45, 2.75) is 20.4 Å². The number of aromatic nitrogens is 2. The fraction of sp³-hybridized carbons (Fsp3) is 0.250. The lowest BCUT2D eigenvalue weighted by atomic mass is 10.2. The van der Waals surface area contributed by atoms with E-state index >= 15 is 0 Å². The van der Waals surface area contributed by atoms with Crippen LogP contribution in [0.5, 0.6) is 0 Å². The van der Waals surface area contributed by atoms with E-state index in [-0.39, 0.29) is 0 Å². The zero-order valence-corrected chi connectivity index (χ0v) is 13.4. The molecular formula is C12H13BrIN3. The van der Waals surface area contributed by atoms with Crippen LogP contribution in [0.2, 0.25) is 0 Å². The van der Waals surface area contributed by atoms with E-state index in [0.29, 0.717) is 0 Å². The number of aryl methyl sites for hydroxylation is 2. The third-order valence-corrected chi connectivity index (χ3v) is 3.99. The van der Waals surface area contributed by atoms with E-state index in [2.05, 4.69) is 72.2 Å². The molecule has 0 aliphatic carbocycles. The maximum absolute atomic E-state index is 4.19. The van der Waals surface area contributed by atoms with Gasteiger partial charge in [-0.1, -0.05) is 0 Å². The molecule has 0 fully saturated rings. The van der Waals surface area contributed by atoms with Gasteiger partial charge in [0.15, 0.2) is 0 Å². The van der Waals surface area contributed by atoms with Crippen molar-refractivity contribution in [3.05, 3.63) is 43.2 Å². The van der Waals surface area contributed by atoms with E-state index < -0.39 is 0 Å². The van der Waals surface area contributed by atoms with Gasteiger partial charge in [-0.2, -0.15) is 5.10 Å². The Morgan fingerprint density at radius 1 is 1.41 bits per heavy atom. The molecule has 0 atom stereocenters. The second kappa shape index (κ2) is 5.39. The average Bonchev–Trinajstić information content (AvgIpc) is 2.58. The number of rotatable bonds is 3. The van der Waals surface area contributed by atoms with Gasteiger partial charge >= 0.3 is 0 Å². The number of hydrogen-bond donors (Lipinski definition) is 2. The van der Waals surface area contributed by atoms with Crippen LogP contribution in [0.15, 0.2) is 22.7 Å². The van der Waals surface area contributed by atoms with Crippen LogP contribution in [0.3, 0.4) is 0 Å². The number of nitrogens with zero attached hydrogens (tertiary/aromatic N) is 1. The summed E-state index contributed by atoms with van der Waals surface area (Å²) in [5.74, 6) is 0. The maximum Gasteiger partial charge on any atom is 0.0643 e. The van der Waals surface area contributed by atoms with Crippen molar-refractivity contribution < 1.29 is 0 Å². The van der Waals surface area contributed by atoms with Gasteiger partial charge in [0, 0.05) is 31.5 Å². The largest absolute Gasteiger partial charge is 0.380 e. The van der Waals surface area contributed by atoms with Crippen LogP contribution in [-0.2, 0) is 6.54 Å². The number of anilines is 1. The molecule has 5 heteroatoms. The van der Waals surface area contributed by atoms with Gasteiger partial charge in [0.1, 0.15) is 0 Å². The molecule has 0 aliphatic rings. The molecule has 1 aromatic carbocycles. The summed E-state index contributed by atoms with van der Waals surface area (Å²) in [6.45, 7) is 4.84. The molecule has 0 amide bonds. The van der Waals surface area contributed by atoms with E-state index in [0.717, 1.165) is 28.1 Å². The molecule has 2 rings (SSSR count). The fourth-order valence-corrected chi connectivity index (χ4v) is 3.09. The topological polar surface area (TPSA) is 40.7 Å². The van der Waals surface area contributed by atoms with E-state index in [1.54, 1.807) is 0 Å². The van der Waals surface area contributed by atoms with E-state index in [1.165, 1.54) is 9.13 Å². The quantitative estimate of drug-likeness (QED) is 0.757. The van der Waals surface area contributed by atoms with Crippen molar-refractivity contribution in [3.8, 4) is 0 Å². The minimum Gasteiger partial charge on any atom is -0.380 e. The third-order valence-electron chi connectivity index (χ3n) is 2.67. The Balaban J connectivity index is 2.13. The van der Waals surface area contributed by atoms with Gasteiger partial charge in [0.25, 0.3) is 0 Å². The van der Waals surface area contributed by atoms with Gasteiger partial charge in [0.05, 0.1) is 5.69 Å². The standard InChI is InChI=1S/C12H13BrIN3/c1-7-10(8(2)17-16-7)6-15-12-4-3-9(14)5-11(12)13/h3-5,15H,6H2,1-2H3,(H,16,17). The summed E-state index contributed by atoms with van der Waals surface area (Å²) in [6.07, 6.45) is 0. The van der Waals surface area contributed by atoms with Crippen LogP contribution in [0.1, 0.15) is 17.0 Å². The van der Waals surface area contributed by atoms with Crippen LogP contribution in [-0.4, -0.2) is 10.2 Å². The fourth-order valence-electron chi connectivity index (χ4n) is 1.65. The second-order valence-electron chi connectivity index (χ2n) is 3.89. The predicted octanol–water partition coefficient (Wildman–Crippen LogP) is 4.01. The average molecular weight is 406 g/mol. The molecule has 0 unspecified atom stereocenters. The molecule has 0 saturated heterocycles. The molecule has 90 valence electrons. The van der Waals surface area contributed by atoms with E-state index in [1.807, 2.05) is 13.8 Å². The molecule has 0 bridgehead atoms. The maximum atomic E-state index is 4.19. The number of hydrogen-bond acceptors (Lipinski definition) is 2. The zero-order chi connectivity index (χ0) is 12.4. The van der Waals surface area contributed by atoms with Crippen molar-refractivity contribution in [1.29, 1.82) is 0 Å². The molecule has 0 radical (unpaired) electrons. The molecule has 17 heavy (non-hydrogen) atoms. The van der Waals surface area contributed by atoms with Gasteiger partial charge in [-0.15, -0.1) is 0 Å². The number of halogens is 2. The van der Waals surface area contributed by atoms with Gasteiger partial charge in [-0.05, 0) is 70.6 Å². The minimum atomic E-state index is 0.785. The first-order chi connectivity index (χ1) is 8.08. The molecule has 1 aromatic heterocycles. The zero-order valence-electron chi connectivity index (χ0n) is 9.64. The Hall–Kier alpha value is -0.560. The summed E-state index contributed by atoms with van der Waals surface area (Å²) in [7, 11) is 0. The highest BCUT2D eigenvalue weighted by Gasteiger charge is 2.06. The molecule has 0 aliphatic heterocycles. The smallest absolute Gasteiger partial charge is 0.0643 e. The molecule has 2 aromatic rings. The Bertz CT molecular complexity index is 517. The third kappa shape index (κ3) is 3.01. The first-order valence-electron chi connectivity index (χ1n) is 5.27. The highest BCUT2D eigenvalue weighted by Crippen LogP contribution is 2.25. The second-order valence-corrected chi connectivity index (χ2v) is 5.99. The summed E-state index contributed by atoms with van der Waals surface area (Å²) < 4.78 is 2.30. The van der Waals surface area contributed by atoms with Crippen LogP contribution < -0.4 is 5.32 Å². The monoisotopic (exact) mass is 405 g/mol. The summed E-state index contributed by atoms with van der Waals surface area (Å²) in [5, 5.41) is 10.6. The van der Waals surface area contributed by atoms with Crippen molar-refractivity contribution in [2.75, 3.05) is 5.32 Å². The van der Waals surface area contributed by atoms with Crippen LogP contribution in [0.4, 0.5) is 5.69 Å². The summed E-state index contributed by atoms with van der Waals surface area (Å²) in [5.41, 5.74) is 4.51. The normalized spacial score (nSPS) is 10.6. The van der Waals surface area contributed by atoms with Gasteiger partial charge in [-0.3, -0.25) is 5.10 Å². The van der Waals surface area contributed by atoms with Crippen molar-refractivity contribution in [1.82, 2.24) is 10.2 Å². The highest BCUT2D eigenvalue weighted by molar-refractivity contribution is 14.1. The van der Waals surface area contributed by atoms with Crippen LogP contribution in [0.25, 0.3) is 0 Å². The Morgan fingerprint density at radius 2 is 2.18 bits per heavy atom. The highest BCUT2D eigenvalue weighted by atomic mass is 127. The van der Waals surface area contributed by atoms with Crippen molar-refractivity contribution in [2.24, 2.45) is 0 Å². The van der Waals surface area contributed by atoms with Gasteiger partial charge < -0.3 is 5.32 Å². The van der Waals surface area contributed by atoms with E-state index in [4.69, 9.17) is 0 Å². The summed E-state index contributed by atoms with van der Waals surface area (Å²) >= 11 is 5.86. The minimum absolute atomic E-state index is 0.785. The molecular weight excluding hydrogens is 393 g/mol. The van der Waals surface area contributed by atoms with E-state index in [9.17, 15) is 0 Å². The Kier molecular flexibility index (Phi) is 4.09. The van der Waals surface area contributed by atoms with Gasteiger partial charge in [0.2, 0.25) is 0 Å². The molecule has 1 heterocycles. The number of aromatic amines is 1. The lowest BCUT2D eigenvalue weighted by Crippen LogP contribution is -2.02. The summed E-state index contributed by atoms with van der Waals surface area (Å²) in [4.78, 5) is 0.